The van der Waals surface area contributed by atoms with Gasteiger partial charge in [-0.15, -0.1) is 0 Å². The topological polar surface area (TPSA) is 66.5 Å². The molecule has 0 fully saturated rings. The van der Waals surface area contributed by atoms with E-state index in [0.717, 1.165) is 18.4 Å². The predicted molar refractivity (Wildman–Crippen MR) is 113 cm³/mol. The minimum Gasteiger partial charge on any atom is -0.350 e. The number of hydrogen-bond acceptors (Lipinski definition) is 3. The molecule has 1 aliphatic heterocycles. The number of benzene rings is 2. The Labute approximate surface area is 167 Å². The Morgan fingerprint density at radius 3 is 2.61 bits per heavy atom. The molecule has 5 nitrogen and oxygen atoms in total. The lowest BCUT2D eigenvalue weighted by Crippen LogP contribution is -2.36. The monoisotopic (exact) mass is 400 g/mol. The number of nitrogens with zero attached hydrogens (tertiary/aromatic N) is 1. The van der Waals surface area contributed by atoms with Crippen molar-refractivity contribution < 1.29 is 13.2 Å². The van der Waals surface area contributed by atoms with Crippen LogP contribution in [0.4, 0.5) is 5.69 Å². The highest BCUT2D eigenvalue weighted by molar-refractivity contribution is 7.92. The van der Waals surface area contributed by atoms with Crippen LogP contribution in [0.15, 0.2) is 48.5 Å². The first kappa shape index (κ1) is 20.4. The van der Waals surface area contributed by atoms with E-state index in [4.69, 9.17) is 0 Å². The summed E-state index contributed by atoms with van der Waals surface area (Å²) in [7, 11) is -3.31. The van der Waals surface area contributed by atoms with Crippen LogP contribution in [0.5, 0.6) is 0 Å². The van der Waals surface area contributed by atoms with Crippen molar-refractivity contribution in [3.63, 3.8) is 0 Å². The van der Waals surface area contributed by atoms with Gasteiger partial charge in [-0.3, -0.25) is 9.10 Å². The van der Waals surface area contributed by atoms with Crippen molar-refractivity contribution in [2.75, 3.05) is 10.1 Å². The van der Waals surface area contributed by atoms with Crippen LogP contribution >= 0.6 is 0 Å². The second-order valence-corrected chi connectivity index (χ2v) is 9.63. The summed E-state index contributed by atoms with van der Waals surface area (Å²) in [6.45, 7) is 5.56. The SMILES string of the molecule is CCS(=O)(=O)N1c2ccc(C(=O)N[C@@H](C)CCc3ccccc3)cc2C[C@@H]1C. The summed E-state index contributed by atoms with van der Waals surface area (Å²) in [6, 6.07) is 15.5. The zero-order valence-electron chi connectivity index (χ0n) is 16.7. The summed E-state index contributed by atoms with van der Waals surface area (Å²) in [5.74, 6) is -0.0504. The maximum atomic E-state index is 12.6. The van der Waals surface area contributed by atoms with Crippen LogP contribution in [-0.4, -0.2) is 32.2 Å². The Morgan fingerprint density at radius 1 is 1.21 bits per heavy atom. The molecule has 2 aromatic rings. The fourth-order valence-electron chi connectivity index (χ4n) is 3.71. The van der Waals surface area contributed by atoms with Crippen molar-refractivity contribution in [3.8, 4) is 0 Å². The first-order valence-electron chi connectivity index (χ1n) is 9.81. The zero-order valence-corrected chi connectivity index (χ0v) is 17.5. The molecular weight excluding hydrogens is 372 g/mol. The van der Waals surface area contributed by atoms with E-state index >= 15 is 0 Å². The lowest BCUT2D eigenvalue weighted by Gasteiger charge is -2.23. The van der Waals surface area contributed by atoms with Gasteiger partial charge in [-0.1, -0.05) is 30.3 Å². The number of nitrogens with one attached hydrogen (secondary N) is 1. The van der Waals surface area contributed by atoms with E-state index in [2.05, 4.69) is 17.4 Å². The lowest BCUT2D eigenvalue weighted by molar-refractivity contribution is 0.0938. The smallest absolute Gasteiger partial charge is 0.251 e. The number of rotatable bonds is 7. The van der Waals surface area contributed by atoms with Crippen LogP contribution in [0.2, 0.25) is 0 Å². The number of amides is 1. The first-order chi connectivity index (χ1) is 13.3. The molecule has 0 spiro atoms. The van der Waals surface area contributed by atoms with Gasteiger partial charge in [-0.25, -0.2) is 8.42 Å². The van der Waals surface area contributed by atoms with Crippen LogP contribution in [-0.2, 0) is 22.9 Å². The summed E-state index contributed by atoms with van der Waals surface area (Å²) >= 11 is 0. The molecule has 150 valence electrons. The number of carbonyl (C=O) groups excluding carboxylic acids is 1. The predicted octanol–water partition coefficient (Wildman–Crippen LogP) is 3.54. The highest BCUT2D eigenvalue weighted by Gasteiger charge is 2.34. The van der Waals surface area contributed by atoms with E-state index in [1.165, 1.54) is 9.87 Å². The van der Waals surface area contributed by atoms with Crippen LogP contribution in [0.1, 0.15) is 48.7 Å². The van der Waals surface area contributed by atoms with E-state index in [1.807, 2.05) is 38.1 Å². The Morgan fingerprint density at radius 2 is 1.93 bits per heavy atom. The summed E-state index contributed by atoms with van der Waals surface area (Å²) in [5, 5.41) is 3.05. The molecule has 0 radical (unpaired) electrons. The fraction of sp³-hybridized carbons (Fsp3) is 0.409. The van der Waals surface area contributed by atoms with Crippen molar-refractivity contribution in [3.05, 3.63) is 65.2 Å². The summed E-state index contributed by atoms with van der Waals surface area (Å²) in [4.78, 5) is 12.6. The quantitative estimate of drug-likeness (QED) is 0.773. The molecule has 1 heterocycles. The van der Waals surface area contributed by atoms with Crippen LogP contribution in [0, 0.1) is 0 Å². The Bertz CT molecular complexity index is 942. The molecule has 1 amide bonds. The molecule has 0 unspecified atom stereocenters. The van der Waals surface area contributed by atoms with Crippen LogP contribution < -0.4 is 9.62 Å². The van der Waals surface area contributed by atoms with Crippen molar-refractivity contribution in [1.29, 1.82) is 0 Å². The third-order valence-electron chi connectivity index (χ3n) is 5.25. The third kappa shape index (κ3) is 4.38. The number of hydrogen-bond donors (Lipinski definition) is 1. The molecular formula is C22H28N2O3S. The van der Waals surface area contributed by atoms with Gasteiger partial charge in [-0.2, -0.15) is 0 Å². The molecule has 0 saturated heterocycles. The summed E-state index contributed by atoms with van der Waals surface area (Å²) in [6.07, 6.45) is 2.40. The Kier molecular flexibility index (Phi) is 6.08. The van der Waals surface area contributed by atoms with E-state index in [1.54, 1.807) is 19.1 Å². The first-order valence-corrected chi connectivity index (χ1v) is 11.4. The zero-order chi connectivity index (χ0) is 20.3. The maximum absolute atomic E-state index is 12.6. The standard InChI is InChI=1S/C22H28N2O3S/c1-4-28(26,27)24-17(3)14-20-15-19(12-13-21(20)24)22(25)23-16(2)10-11-18-8-6-5-7-9-18/h5-9,12-13,15-17H,4,10-11,14H2,1-3H3,(H,23,25)/t16-,17-/m0/s1. The van der Waals surface area contributed by atoms with Gasteiger partial charge in [0.15, 0.2) is 0 Å². The van der Waals surface area contributed by atoms with Gasteiger partial charge in [0.2, 0.25) is 10.0 Å². The highest BCUT2D eigenvalue weighted by Crippen LogP contribution is 2.35. The number of anilines is 1. The molecule has 28 heavy (non-hydrogen) atoms. The van der Waals surface area contributed by atoms with Gasteiger partial charge in [0.05, 0.1) is 11.4 Å². The Balaban J connectivity index is 1.66. The molecule has 0 bridgehead atoms. The van der Waals surface area contributed by atoms with E-state index in [9.17, 15) is 13.2 Å². The normalized spacial score (nSPS) is 17.2. The minimum absolute atomic E-state index is 0.0526. The molecule has 6 heteroatoms. The number of sulfonamides is 1. The largest absolute Gasteiger partial charge is 0.350 e. The van der Waals surface area contributed by atoms with Crippen molar-refractivity contribution in [2.45, 2.75) is 52.1 Å². The fourth-order valence-corrected chi connectivity index (χ4v) is 5.09. The second kappa shape index (κ2) is 8.35. The van der Waals surface area contributed by atoms with Crippen molar-refractivity contribution >= 4 is 21.6 Å². The molecule has 1 aliphatic rings. The van der Waals surface area contributed by atoms with E-state index in [-0.39, 0.29) is 23.7 Å². The van der Waals surface area contributed by atoms with Gasteiger partial charge in [-0.05, 0) is 69.4 Å². The number of fused-ring (bicyclic) bond motifs is 1. The van der Waals surface area contributed by atoms with E-state index in [0.29, 0.717) is 17.7 Å². The maximum Gasteiger partial charge on any atom is 0.251 e. The minimum atomic E-state index is -3.31. The molecule has 2 atom stereocenters. The van der Waals surface area contributed by atoms with Gasteiger partial charge >= 0.3 is 0 Å². The number of aryl methyl sites for hydroxylation is 1. The average Bonchev–Trinajstić information content (AvgIpc) is 3.02. The van der Waals surface area contributed by atoms with Crippen LogP contribution in [0.25, 0.3) is 0 Å². The van der Waals surface area contributed by atoms with Gasteiger partial charge in [0, 0.05) is 17.6 Å². The molecule has 3 rings (SSSR count). The van der Waals surface area contributed by atoms with Gasteiger partial charge in [0.1, 0.15) is 0 Å². The molecule has 2 aromatic carbocycles. The van der Waals surface area contributed by atoms with Crippen LogP contribution in [0.3, 0.4) is 0 Å². The van der Waals surface area contributed by atoms with E-state index < -0.39 is 10.0 Å². The van der Waals surface area contributed by atoms with Crippen molar-refractivity contribution in [2.24, 2.45) is 0 Å². The van der Waals surface area contributed by atoms with Gasteiger partial charge in [0.25, 0.3) is 5.91 Å². The molecule has 0 aromatic heterocycles. The average molecular weight is 401 g/mol. The second-order valence-electron chi connectivity index (χ2n) is 7.49. The van der Waals surface area contributed by atoms with Crippen molar-refractivity contribution in [1.82, 2.24) is 5.32 Å². The summed E-state index contributed by atoms with van der Waals surface area (Å²) in [5.41, 5.74) is 3.44. The lowest BCUT2D eigenvalue weighted by atomic mass is 10.0. The molecule has 0 aliphatic carbocycles. The van der Waals surface area contributed by atoms with Gasteiger partial charge < -0.3 is 5.32 Å². The molecule has 0 saturated carbocycles. The molecule has 1 N–H and O–H groups in total. The highest BCUT2D eigenvalue weighted by atomic mass is 32.2. The third-order valence-corrected chi connectivity index (χ3v) is 7.13. The Hall–Kier alpha value is -2.34. The number of carbonyl (C=O) groups is 1. The summed E-state index contributed by atoms with van der Waals surface area (Å²) < 4.78 is 26.2.